The minimum atomic E-state index is -0.268. The molecule has 0 aromatic heterocycles. The van der Waals surface area contributed by atoms with E-state index in [1.807, 2.05) is 6.07 Å². The van der Waals surface area contributed by atoms with E-state index in [1.54, 1.807) is 32.3 Å². The van der Waals surface area contributed by atoms with Gasteiger partial charge in [0.2, 0.25) is 0 Å². The van der Waals surface area contributed by atoms with Crippen LogP contribution in [0.2, 0.25) is 5.02 Å². The molecule has 0 saturated carbocycles. The van der Waals surface area contributed by atoms with E-state index in [2.05, 4.69) is 0 Å². The highest BCUT2D eigenvalue weighted by Crippen LogP contribution is 2.34. The summed E-state index contributed by atoms with van der Waals surface area (Å²) in [6.45, 7) is 0. The van der Waals surface area contributed by atoms with Gasteiger partial charge in [0.05, 0.1) is 5.56 Å². The number of phenolic OH excluding ortho intramolecular Hbond substituents is 1. The quantitative estimate of drug-likeness (QED) is 0.844. The SMILES string of the molecule is CN(C)C(=O)c1cc(Cl)c2ccccc2c1O. The lowest BCUT2D eigenvalue weighted by Gasteiger charge is -2.13. The number of phenols is 1. The number of benzene rings is 2. The Balaban J connectivity index is 2.75. The second-order valence-corrected chi connectivity index (χ2v) is 4.41. The Morgan fingerprint density at radius 2 is 1.82 bits per heavy atom. The van der Waals surface area contributed by atoms with Crippen LogP contribution in [-0.2, 0) is 0 Å². The fourth-order valence-corrected chi connectivity index (χ4v) is 1.99. The van der Waals surface area contributed by atoms with Gasteiger partial charge in [-0.2, -0.15) is 0 Å². The monoisotopic (exact) mass is 249 g/mol. The van der Waals surface area contributed by atoms with Gasteiger partial charge in [-0.25, -0.2) is 0 Å². The Labute approximate surface area is 104 Å². The van der Waals surface area contributed by atoms with Crippen LogP contribution in [0.4, 0.5) is 0 Å². The summed E-state index contributed by atoms with van der Waals surface area (Å²) in [4.78, 5) is 13.3. The number of halogens is 1. The second-order valence-electron chi connectivity index (χ2n) is 4.00. The molecule has 0 spiro atoms. The Kier molecular flexibility index (Phi) is 2.94. The summed E-state index contributed by atoms with van der Waals surface area (Å²) in [5.41, 5.74) is 0.221. The van der Waals surface area contributed by atoms with Gasteiger partial charge < -0.3 is 10.0 Å². The molecule has 1 amide bonds. The third-order valence-electron chi connectivity index (χ3n) is 2.60. The minimum absolute atomic E-state index is 0.0244. The Morgan fingerprint density at radius 1 is 1.24 bits per heavy atom. The van der Waals surface area contributed by atoms with E-state index < -0.39 is 0 Å². The van der Waals surface area contributed by atoms with Crippen molar-refractivity contribution in [3.05, 3.63) is 40.9 Å². The maximum Gasteiger partial charge on any atom is 0.257 e. The van der Waals surface area contributed by atoms with Gasteiger partial charge in [0, 0.05) is 29.9 Å². The van der Waals surface area contributed by atoms with Crippen LogP contribution >= 0.6 is 11.6 Å². The number of rotatable bonds is 1. The fourth-order valence-electron chi connectivity index (χ4n) is 1.72. The summed E-state index contributed by atoms with van der Waals surface area (Å²) < 4.78 is 0. The van der Waals surface area contributed by atoms with Gasteiger partial charge in [-0.15, -0.1) is 0 Å². The number of hydrogen-bond acceptors (Lipinski definition) is 2. The molecule has 0 fully saturated rings. The van der Waals surface area contributed by atoms with Crippen LogP contribution < -0.4 is 0 Å². The van der Waals surface area contributed by atoms with Gasteiger partial charge in [0.25, 0.3) is 5.91 Å². The Hall–Kier alpha value is -1.74. The molecule has 4 heteroatoms. The molecule has 2 rings (SSSR count). The smallest absolute Gasteiger partial charge is 0.257 e. The van der Waals surface area contributed by atoms with E-state index in [-0.39, 0.29) is 17.2 Å². The number of carbonyl (C=O) groups excluding carboxylic acids is 1. The Bertz CT molecular complexity index is 593. The van der Waals surface area contributed by atoms with E-state index in [1.165, 1.54) is 11.0 Å². The molecule has 1 N–H and O–H groups in total. The first kappa shape index (κ1) is 11.7. The first-order chi connectivity index (χ1) is 8.02. The topological polar surface area (TPSA) is 40.5 Å². The van der Waals surface area contributed by atoms with Crippen LogP contribution in [0, 0.1) is 0 Å². The molecule has 0 radical (unpaired) electrons. The Morgan fingerprint density at radius 3 is 2.41 bits per heavy atom. The van der Waals surface area contributed by atoms with Crippen molar-refractivity contribution in [2.24, 2.45) is 0 Å². The number of fused-ring (bicyclic) bond motifs is 1. The van der Waals surface area contributed by atoms with Gasteiger partial charge in [-0.05, 0) is 6.07 Å². The lowest BCUT2D eigenvalue weighted by atomic mass is 10.0. The third-order valence-corrected chi connectivity index (χ3v) is 2.91. The van der Waals surface area contributed by atoms with Crippen LogP contribution in [0.3, 0.4) is 0 Å². The van der Waals surface area contributed by atoms with Crippen LogP contribution in [-0.4, -0.2) is 30.0 Å². The normalized spacial score (nSPS) is 10.5. The van der Waals surface area contributed by atoms with E-state index in [4.69, 9.17) is 11.6 Å². The summed E-state index contributed by atoms with van der Waals surface area (Å²) in [5, 5.41) is 11.9. The zero-order valence-corrected chi connectivity index (χ0v) is 10.3. The molecule has 0 aliphatic heterocycles. The largest absolute Gasteiger partial charge is 0.506 e. The summed E-state index contributed by atoms with van der Waals surface area (Å²) in [6, 6.07) is 8.68. The van der Waals surface area contributed by atoms with Crippen molar-refractivity contribution in [1.82, 2.24) is 4.90 Å². The zero-order chi connectivity index (χ0) is 12.6. The third kappa shape index (κ3) is 1.94. The van der Waals surface area contributed by atoms with Crippen LogP contribution in [0.25, 0.3) is 10.8 Å². The van der Waals surface area contributed by atoms with E-state index in [9.17, 15) is 9.90 Å². The van der Waals surface area contributed by atoms with Gasteiger partial charge in [0.1, 0.15) is 5.75 Å². The van der Waals surface area contributed by atoms with Gasteiger partial charge in [-0.1, -0.05) is 35.9 Å². The molecule has 0 aliphatic rings. The molecule has 17 heavy (non-hydrogen) atoms. The summed E-state index contributed by atoms with van der Waals surface area (Å²) in [5.74, 6) is -0.293. The van der Waals surface area contributed by atoms with Crippen LogP contribution in [0.15, 0.2) is 30.3 Å². The van der Waals surface area contributed by atoms with Crippen molar-refractivity contribution in [1.29, 1.82) is 0 Å². The van der Waals surface area contributed by atoms with Crippen molar-refractivity contribution < 1.29 is 9.90 Å². The number of amides is 1. The molecule has 3 nitrogen and oxygen atoms in total. The van der Waals surface area contributed by atoms with Crippen LogP contribution in [0.5, 0.6) is 5.75 Å². The average molecular weight is 250 g/mol. The molecule has 2 aromatic rings. The van der Waals surface area contributed by atoms with Gasteiger partial charge in [-0.3, -0.25) is 4.79 Å². The predicted octanol–water partition coefficient (Wildman–Crippen LogP) is 2.90. The van der Waals surface area contributed by atoms with E-state index in [0.29, 0.717) is 10.4 Å². The van der Waals surface area contributed by atoms with E-state index >= 15 is 0 Å². The fraction of sp³-hybridized carbons (Fsp3) is 0.154. The molecule has 0 atom stereocenters. The number of aromatic hydroxyl groups is 1. The molecule has 0 saturated heterocycles. The van der Waals surface area contributed by atoms with Crippen molar-refractivity contribution >= 4 is 28.3 Å². The zero-order valence-electron chi connectivity index (χ0n) is 9.57. The number of nitrogens with zero attached hydrogens (tertiary/aromatic N) is 1. The molecule has 0 unspecified atom stereocenters. The average Bonchev–Trinajstić information content (AvgIpc) is 2.33. The van der Waals surface area contributed by atoms with Crippen molar-refractivity contribution in [2.75, 3.05) is 14.1 Å². The number of hydrogen-bond donors (Lipinski definition) is 1. The van der Waals surface area contributed by atoms with Crippen molar-refractivity contribution in [3.63, 3.8) is 0 Å². The lowest BCUT2D eigenvalue weighted by molar-refractivity contribution is 0.0825. The maximum atomic E-state index is 11.9. The highest BCUT2D eigenvalue weighted by molar-refractivity contribution is 6.36. The van der Waals surface area contributed by atoms with Crippen molar-refractivity contribution in [2.45, 2.75) is 0 Å². The van der Waals surface area contributed by atoms with Gasteiger partial charge in [0.15, 0.2) is 0 Å². The molecule has 0 aliphatic carbocycles. The van der Waals surface area contributed by atoms with Gasteiger partial charge >= 0.3 is 0 Å². The molecule has 2 aromatic carbocycles. The van der Waals surface area contributed by atoms with Crippen molar-refractivity contribution in [3.8, 4) is 5.75 Å². The first-order valence-corrected chi connectivity index (χ1v) is 5.52. The molecular weight excluding hydrogens is 238 g/mol. The molecule has 0 bridgehead atoms. The maximum absolute atomic E-state index is 11.9. The predicted molar refractivity (Wildman–Crippen MR) is 68.6 cm³/mol. The summed E-state index contributed by atoms with van der Waals surface area (Å²) >= 11 is 6.10. The highest BCUT2D eigenvalue weighted by atomic mass is 35.5. The molecule has 0 heterocycles. The molecular formula is C13H12ClNO2. The first-order valence-electron chi connectivity index (χ1n) is 5.14. The summed E-state index contributed by atoms with van der Waals surface area (Å²) in [7, 11) is 3.26. The minimum Gasteiger partial charge on any atom is -0.506 e. The lowest BCUT2D eigenvalue weighted by Crippen LogP contribution is -2.21. The highest BCUT2D eigenvalue weighted by Gasteiger charge is 2.17. The second kappa shape index (κ2) is 4.26. The standard InChI is InChI=1S/C13H12ClNO2/c1-15(2)13(17)10-7-11(14)8-5-3-4-6-9(8)12(10)16/h3-7,16H,1-2H3. The summed E-state index contributed by atoms with van der Waals surface area (Å²) in [6.07, 6.45) is 0. The molecule has 88 valence electrons. The van der Waals surface area contributed by atoms with E-state index in [0.717, 1.165) is 5.39 Å². The van der Waals surface area contributed by atoms with Crippen LogP contribution in [0.1, 0.15) is 10.4 Å². The number of carbonyl (C=O) groups is 1.